The molecule has 2 N–H and O–H groups in total. The molecule has 0 bridgehead atoms. The van der Waals surface area contributed by atoms with E-state index in [1.54, 1.807) is 20.4 Å². The van der Waals surface area contributed by atoms with Gasteiger partial charge in [0, 0.05) is 5.56 Å². The number of aromatic nitrogens is 2. The van der Waals surface area contributed by atoms with E-state index in [9.17, 15) is 4.79 Å². The molecule has 8 heteroatoms. The van der Waals surface area contributed by atoms with Gasteiger partial charge < -0.3 is 14.9 Å². The first kappa shape index (κ1) is 15.5. The first-order valence-electron chi connectivity index (χ1n) is 8.06. The molecule has 0 amide bonds. The Morgan fingerprint density at radius 3 is 3.00 bits per heavy atom. The van der Waals surface area contributed by atoms with E-state index >= 15 is 0 Å². The van der Waals surface area contributed by atoms with Crippen LogP contribution in [-0.2, 0) is 11.3 Å². The fraction of sp³-hybridized carbons (Fsp3) is 0.294. The molecule has 0 aliphatic carbocycles. The number of imidazole rings is 1. The maximum absolute atomic E-state index is 12.3. The van der Waals surface area contributed by atoms with Gasteiger partial charge in [0.15, 0.2) is 5.69 Å². The van der Waals surface area contributed by atoms with Gasteiger partial charge in [0.05, 0.1) is 43.0 Å². The molecular formula is C17H19N5O3. The van der Waals surface area contributed by atoms with E-state index in [-0.39, 0.29) is 0 Å². The highest BCUT2D eigenvalue weighted by atomic mass is 16.5. The van der Waals surface area contributed by atoms with Crippen molar-refractivity contribution >= 4 is 11.7 Å². The van der Waals surface area contributed by atoms with Crippen LogP contribution in [0.25, 0.3) is 11.4 Å². The third-order valence-electron chi connectivity index (χ3n) is 4.36. The van der Waals surface area contributed by atoms with Crippen LogP contribution in [-0.4, -0.2) is 34.2 Å². The summed E-state index contributed by atoms with van der Waals surface area (Å²) in [5.41, 5.74) is 11.3. The zero-order chi connectivity index (χ0) is 17.6. The molecule has 8 nitrogen and oxygen atoms in total. The van der Waals surface area contributed by atoms with Gasteiger partial charge in [-0.25, -0.2) is 9.78 Å². The average molecular weight is 341 g/mol. The van der Waals surface area contributed by atoms with Crippen molar-refractivity contribution in [1.29, 1.82) is 0 Å². The summed E-state index contributed by atoms with van der Waals surface area (Å²) in [6, 6.07) is 5.85. The molecule has 0 saturated heterocycles. The summed E-state index contributed by atoms with van der Waals surface area (Å²) in [5.74, 6) is 0.350. The summed E-state index contributed by atoms with van der Waals surface area (Å²) >= 11 is 0. The second kappa shape index (κ2) is 5.82. The molecule has 0 radical (unpaired) electrons. The minimum Gasteiger partial charge on any atom is -0.497 e. The van der Waals surface area contributed by atoms with Crippen LogP contribution in [0.5, 0.6) is 5.75 Å². The second-order valence-electron chi connectivity index (χ2n) is 5.81. The smallest absolute Gasteiger partial charge is 0.358 e. The number of nitrogens with zero attached hydrogens (tertiary/aromatic N) is 3. The van der Waals surface area contributed by atoms with Crippen LogP contribution in [0, 0.1) is 0 Å². The maximum Gasteiger partial charge on any atom is 0.358 e. The fourth-order valence-corrected chi connectivity index (χ4v) is 3.23. The molecule has 2 aliphatic heterocycles. The zero-order valence-electron chi connectivity index (χ0n) is 14.3. The second-order valence-corrected chi connectivity index (χ2v) is 5.81. The number of fused-ring (bicyclic) bond motifs is 5. The van der Waals surface area contributed by atoms with Gasteiger partial charge in [0.1, 0.15) is 12.1 Å². The Hall–Kier alpha value is -3.00. The van der Waals surface area contributed by atoms with Crippen LogP contribution < -0.4 is 15.7 Å². The van der Waals surface area contributed by atoms with Gasteiger partial charge in [-0.15, -0.1) is 5.53 Å². The van der Waals surface area contributed by atoms with Crippen molar-refractivity contribution in [1.82, 2.24) is 25.5 Å². The summed E-state index contributed by atoms with van der Waals surface area (Å²) < 4.78 is 12.5. The predicted octanol–water partition coefficient (Wildman–Crippen LogP) is 1.58. The first-order chi connectivity index (χ1) is 12.1. The molecule has 3 heterocycles. The Morgan fingerprint density at radius 2 is 2.24 bits per heavy atom. The number of carbonyl (C=O) groups is 1. The van der Waals surface area contributed by atoms with Crippen molar-refractivity contribution in [2.45, 2.75) is 20.4 Å². The van der Waals surface area contributed by atoms with Crippen LogP contribution in [0.2, 0.25) is 0 Å². The van der Waals surface area contributed by atoms with Gasteiger partial charge in [-0.1, -0.05) is 0 Å². The number of ether oxygens (including phenoxy) is 2. The summed E-state index contributed by atoms with van der Waals surface area (Å²) in [6.07, 6.45) is 1.67. The van der Waals surface area contributed by atoms with Gasteiger partial charge in [0.2, 0.25) is 0 Å². The molecule has 0 fully saturated rings. The highest BCUT2D eigenvalue weighted by Crippen LogP contribution is 2.36. The van der Waals surface area contributed by atoms with Crippen molar-refractivity contribution in [3.8, 4) is 11.4 Å². The lowest BCUT2D eigenvalue weighted by Gasteiger charge is -2.19. The van der Waals surface area contributed by atoms with E-state index < -0.39 is 5.97 Å². The van der Waals surface area contributed by atoms with Crippen LogP contribution in [0.4, 0.5) is 0 Å². The predicted molar refractivity (Wildman–Crippen MR) is 90.5 cm³/mol. The first-order valence-corrected chi connectivity index (χ1v) is 8.06. The van der Waals surface area contributed by atoms with Crippen LogP contribution in [0.3, 0.4) is 0 Å². The lowest BCUT2D eigenvalue weighted by atomic mass is 10.1. The molecule has 0 saturated carbocycles. The number of nitrogens with one attached hydrogen (secondary N) is 2. The number of rotatable bonds is 3. The fourth-order valence-electron chi connectivity index (χ4n) is 3.23. The summed E-state index contributed by atoms with van der Waals surface area (Å²) in [5, 5.41) is 1.96. The zero-order valence-corrected chi connectivity index (χ0v) is 14.3. The molecule has 0 atom stereocenters. The molecule has 2 aliphatic rings. The van der Waals surface area contributed by atoms with Gasteiger partial charge in [-0.05, 0) is 32.0 Å². The highest BCUT2D eigenvalue weighted by Gasteiger charge is 2.32. The Kier molecular flexibility index (Phi) is 3.61. The van der Waals surface area contributed by atoms with Crippen LogP contribution in [0.1, 0.15) is 35.6 Å². The minimum absolute atomic E-state index is 0.312. The summed E-state index contributed by atoms with van der Waals surface area (Å²) in [4.78, 5) is 16.6. The third kappa shape index (κ3) is 2.33. The van der Waals surface area contributed by atoms with E-state index in [0.29, 0.717) is 18.8 Å². The Morgan fingerprint density at radius 1 is 1.40 bits per heavy atom. The highest BCUT2D eigenvalue weighted by molar-refractivity contribution is 5.89. The summed E-state index contributed by atoms with van der Waals surface area (Å²) in [6.45, 7) is 4.55. The molecule has 2 aromatic rings. The number of allylic oxidation sites excluding steroid dienone is 1. The Balaban J connectivity index is 1.93. The molecule has 4 rings (SSSR count). The van der Waals surface area contributed by atoms with Crippen molar-refractivity contribution in [3.05, 3.63) is 47.2 Å². The quantitative estimate of drug-likeness (QED) is 0.821. The van der Waals surface area contributed by atoms with Crippen LogP contribution >= 0.6 is 0 Å². The topological polar surface area (TPSA) is 80.7 Å². The van der Waals surface area contributed by atoms with Gasteiger partial charge in [-0.3, -0.25) is 9.58 Å². The van der Waals surface area contributed by atoms with Gasteiger partial charge in [-0.2, -0.15) is 0 Å². The molecule has 1 aromatic carbocycles. The molecular weight excluding hydrogens is 322 g/mol. The lowest BCUT2D eigenvalue weighted by molar-refractivity contribution is 0.0517. The number of esters is 1. The van der Waals surface area contributed by atoms with E-state index in [0.717, 1.165) is 34.1 Å². The van der Waals surface area contributed by atoms with E-state index in [1.165, 1.54) is 0 Å². The normalized spacial score (nSPS) is 15.1. The van der Waals surface area contributed by atoms with E-state index in [2.05, 4.69) is 15.9 Å². The maximum atomic E-state index is 12.3. The molecule has 0 spiro atoms. The van der Waals surface area contributed by atoms with Crippen molar-refractivity contribution in [2.24, 2.45) is 0 Å². The average Bonchev–Trinajstić information content (AvgIpc) is 3.15. The molecule has 130 valence electrons. The summed E-state index contributed by atoms with van der Waals surface area (Å²) in [7, 11) is 1.64. The Labute approximate surface area is 145 Å². The van der Waals surface area contributed by atoms with Crippen molar-refractivity contribution in [2.75, 3.05) is 13.7 Å². The van der Waals surface area contributed by atoms with E-state index in [4.69, 9.17) is 9.47 Å². The molecule has 0 unspecified atom stereocenters. The molecule has 1 aromatic heterocycles. The minimum atomic E-state index is -0.414. The SMILES string of the molecule is CCOC(=O)c1ncn2c1CN1NNC(C)=C1c1cc(OC)ccc1-2. The monoisotopic (exact) mass is 341 g/mol. The number of hydrogen-bond donors (Lipinski definition) is 2. The Bertz CT molecular complexity index is 886. The standard InChI is InChI=1S/C17H19N5O3/c1-4-25-17(23)15-14-8-22-16(10(2)19-20-22)12-7-11(24-3)5-6-13(12)21(14)9-18-15/h5-7,9,19-20H,4,8H2,1-3H3. The lowest BCUT2D eigenvalue weighted by Crippen LogP contribution is -2.37. The largest absolute Gasteiger partial charge is 0.497 e. The van der Waals surface area contributed by atoms with Crippen LogP contribution in [0.15, 0.2) is 30.2 Å². The van der Waals surface area contributed by atoms with E-state index in [1.807, 2.05) is 34.7 Å². The van der Waals surface area contributed by atoms with Crippen molar-refractivity contribution < 1.29 is 14.3 Å². The number of benzene rings is 1. The van der Waals surface area contributed by atoms with Gasteiger partial charge in [0.25, 0.3) is 0 Å². The number of carbonyl (C=O) groups excluding carboxylic acids is 1. The number of methoxy groups -OCH3 is 1. The van der Waals surface area contributed by atoms with Gasteiger partial charge >= 0.3 is 5.97 Å². The number of hydrazine groups is 2. The molecule has 25 heavy (non-hydrogen) atoms. The third-order valence-corrected chi connectivity index (χ3v) is 4.36. The van der Waals surface area contributed by atoms with Crippen molar-refractivity contribution in [3.63, 3.8) is 0 Å². The number of hydrogen-bond acceptors (Lipinski definition) is 7.